The molecule has 0 unspecified atom stereocenters. The van der Waals surface area contributed by atoms with Crippen molar-refractivity contribution in [1.29, 1.82) is 0 Å². The molecule has 0 spiro atoms. The summed E-state index contributed by atoms with van der Waals surface area (Å²) in [5.74, 6) is -1.19. The van der Waals surface area contributed by atoms with Crippen LogP contribution < -0.4 is 0 Å². The van der Waals surface area contributed by atoms with Crippen LogP contribution in [0, 0.1) is 13.8 Å². The molecule has 0 aliphatic carbocycles. The highest BCUT2D eigenvalue weighted by Gasteiger charge is 2.11. The Kier molecular flexibility index (Phi) is 11.0. The lowest BCUT2D eigenvalue weighted by molar-refractivity contribution is 0.0599. The Morgan fingerprint density at radius 1 is 0.610 bits per heavy atom. The predicted molar refractivity (Wildman–Crippen MR) is 166 cm³/mol. The smallest absolute Gasteiger partial charge is 0.337 e. The van der Waals surface area contributed by atoms with Gasteiger partial charge in [0.1, 0.15) is 0 Å². The number of esters is 1. The first-order chi connectivity index (χ1) is 19.4. The number of carboxylic acids is 1. The summed E-state index contributed by atoms with van der Waals surface area (Å²) in [6, 6.07) is 27.8. The fourth-order valence-electron chi connectivity index (χ4n) is 4.48. The quantitative estimate of drug-likeness (QED) is 0.239. The first-order valence-corrected chi connectivity index (χ1v) is 13.5. The average molecular weight is 553 g/mol. The maximum atomic E-state index is 11.9. The molecule has 4 aromatic carbocycles. The van der Waals surface area contributed by atoms with Crippen LogP contribution in [0.3, 0.4) is 0 Å². The Bertz CT molecular complexity index is 1470. The maximum Gasteiger partial charge on any atom is 0.337 e. The van der Waals surface area contributed by atoms with Crippen molar-refractivity contribution in [2.75, 3.05) is 35.3 Å². The van der Waals surface area contributed by atoms with Crippen molar-refractivity contribution >= 4 is 11.9 Å². The third kappa shape index (κ3) is 9.41. The number of benzene rings is 4. The zero-order valence-electron chi connectivity index (χ0n) is 25.1. The van der Waals surface area contributed by atoms with Gasteiger partial charge in [-0.25, -0.2) is 9.59 Å². The number of ether oxygens (including phenoxy) is 1. The number of carbonyl (C=O) groups is 2. The minimum Gasteiger partial charge on any atom is -0.478 e. The molecule has 6 nitrogen and oxygen atoms in total. The molecular weight excluding hydrogens is 512 g/mol. The Balaban J connectivity index is 0.000000226. The molecule has 0 bridgehead atoms. The van der Waals surface area contributed by atoms with E-state index in [-0.39, 0.29) is 5.97 Å². The van der Waals surface area contributed by atoms with E-state index < -0.39 is 5.97 Å². The van der Waals surface area contributed by atoms with Crippen LogP contribution in [0.1, 0.15) is 43.0 Å². The van der Waals surface area contributed by atoms with Gasteiger partial charge in [0.15, 0.2) is 0 Å². The van der Waals surface area contributed by atoms with E-state index in [4.69, 9.17) is 4.74 Å². The van der Waals surface area contributed by atoms with Gasteiger partial charge in [0, 0.05) is 13.1 Å². The van der Waals surface area contributed by atoms with E-state index in [0.717, 1.165) is 46.5 Å². The zero-order chi connectivity index (χ0) is 30.1. The second kappa shape index (κ2) is 14.4. The maximum absolute atomic E-state index is 11.9. The minimum absolute atomic E-state index is 0.302. The van der Waals surface area contributed by atoms with Crippen molar-refractivity contribution in [1.82, 2.24) is 9.80 Å². The van der Waals surface area contributed by atoms with Gasteiger partial charge in [0.25, 0.3) is 0 Å². The van der Waals surface area contributed by atoms with E-state index in [1.54, 1.807) is 12.1 Å². The fourth-order valence-corrected chi connectivity index (χ4v) is 4.48. The Morgan fingerprint density at radius 2 is 1.00 bits per heavy atom. The fraction of sp³-hybridized carbons (Fsp3) is 0.257. The molecule has 0 atom stereocenters. The van der Waals surface area contributed by atoms with Gasteiger partial charge in [-0.1, -0.05) is 59.7 Å². The van der Waals surface area contributed by atoms with Crippen molar-refractivity contribution < 1.29 is 19.4 Å². The summed E-state index contributed by atoms with van der Waals surface area (Å²) in [5, 5.41) is 9.25. The number of carbonyl (C=O) groups excluding carboxylic acids is 1. The molecule has 4 aromatic rings. The van der Waals surface area contributed by atoms with Gasteiger partial charge in [0.05, 0.1) is 18.2 Å². The largest absolute Gasteiger partial charge is 0.478 e. The summed E-state index contributed by atoms with van der Waals surface area (Å²) in [5.41, 5.74) is 9.56. The summed E-state index contributed by atoms with van der Waals surface area (Å²) in [6.45, 7) is 5.60. The van der Waals surface area contributed by atoms with Gasteiger partial charge >= 0.3 is 11.9 Å². The third-order valence-corrected chi connectivity index (χ3v) is 6.42. The van der Waals surface area contributed by atoms with E-state index in [1.165, 1.54) is 18.2 Å². The number of hydrogen-bond donors (Lipinski definition) is 1. The molecule has 1 N–H and O–H groups in total. The molecule has 0 amide bonds. The van der Waals surface area contributed by atoms with Gasteiger partial charge in [-0.2, -0.15) is 0 Å². The highest BCUT2D eigenvalue weighted by Crippen LogP contribution is 2.25. The van der Waals surface area contributed by atoms with Crippen LogP contribution in [0.15, 0.2) is 84.9 Å². The molecule has 6 heteroatoms. The molecule has 0 heterocycles. The molecule has 0 aromatic heterocycles. The molecular formula is C35H40N2O4. The number of carboxylic acid groups (broad SMARTS) is 1. The molecule has 214 valence electrons. The normalized spacial score (nSPS) is 10.8. The molecule has 0 saturated heterocycles. The summed E-state index contributed by atoms with van der Waals surface area (Å²) in [4.78, 5) is 27.2. The van der Waals surface area contributed by atoms with Crippen LogP contribution in [0.5, 0.6) is 0 Å². The van der Waals surface area contributed by atoms with Crippen LogP contribution in [0.4, 0.5) is 0 Å². The summed E-state index contributed by atoms with van der Waals surface area (Å²) in [6.07, 6.45) is 0. The van der Waals surface area contributed by atoms with Crippen LogP contribution in [-0.2, 0) is 17.8 Å². The van der Waals surface area contributed by atoms with Crippen molar-refractivity contribution in [2.45, 2.75) is 26.9 Å². The highest BCUT2D eigenvalue weighted by molar-refractivity contribution is 5.91. The number of aromatic carboxylic acids is 1. The number of rotatable bonds is 8. The Hall–Kier alpha value is -4.26. The highest BCUT2D eigenvalue weighted by atomic mass is 16.5. The van der Waals surface area contributed by atoms with Crippen molar-refractivity contribution in [3.8, 4) is 22.3 Å². The zero-order valence-corrected chi connectivity index (χ0v) is 25.1. The summed E-state index contributed by atoms with van der Waals surface area (Å²) >= 11 is 0. The van der Waals surface area contributed by atoms with E-state index in [9.17, 15) is 14.7 Å². The SMILES string of the molecule is COC(=O)c1cc(CN(C)C)cc(-c2ccc(C)cc2)c1.Cc1ccc(-c2cc(CN(C)C)cc(C(=O)O)c2)cc1. The number of hydrogen-bond acceptors (Lipinski definition) is 5. The molecule has 0 aliphatic heterocycles. The standard InChI is InChI=1S/C18H21NO2.C17H19NO2/c1-13-5-7-15(8-6-13)16-9-14(12-19(2)3)10-17(11-16)18(20)21-4;1-12-4-6-14(7-5-12)15-8-13(11-18(2)3)9-16(10-15)17(19)20/h5-11H,12H2,1-4H3;4-10H,11H2,1-3H3,(H,19,20). The molecule has 4 rings (SSSR count). The van der Waals surface area contributed by atoms with E-state index in [1.807, 2.05) is 76.4 Å². The molecule has 0 aliphatic rings. The lowest BCUT2D eigenvalue weighted by Crippen LogP contribution is -2.12. The average Bonchev–Trinajstić information content (AvgIpc) is 2.92. The summed E-state index contributed by atoms with van der Waals surface area (Å²) in [7, 11) is 9.37. The van der Waals surface area contributed by atoms with E-state index in [0.29, 0.717) is 11.1 Å². The van der Waals surface area contributed by atoms with Gasteiger partial charge in [-0.3, -0.25) is 0 Å². The van der Waals surface area contributed by atoms with Crippen molar-refractivity contribution in [3.63, 3.8) is 0 Å². The van der Waals surface area contributed by atoms with Crippen LogP contribution in [0.25, 0.3) is 22.3 Å². The molecule has 0 fully saturated rings. The minimum atomic E-state index is -0.890. The van der Waals surface area contributed by atoms with Crippen molar-refractivity contribution in [2.24, 2.45) is 0 Å². The van der Waals surface area contributed by atoms with Crippen molar-refractivity contribution in [3.05, 3.63) is 118 Å². The van der Waals surface area contributed by atoms with Gasteiger partial charge in [-0.05, 0) is 112 Å². The number of nitrogens with zero attached hydrogens (tertiary/aromatic N) is 2. The van der Waals surface area contributed by atoms with Gasteiger partial charge in [-0.15, -0.1) is 0 Å². The van der Waals surface area contributed by atoms with Crippen LogP contribution >= 0.6 is 0 Å². The predicted octanol–water partition coefficient (Wildman–Crippen LogP) is 6.93. The van der Waals surface area contributed by atoms with Gasteiger partial charge in [0.2, 0.25) is 0 Å². The molecule has 41 heavy (non-hydrogen) atoms. The number of methoxy groups -OCH3 is 1. The second-order valence-corrected chi connectivity index (χ2v) is 10.8. The van der Waals surface area contributed by atoms with Gasteiger partial charge < -0.3 is 19.6 Å². The molecule has 0 radical (unpaired) electrons. The monoisotopic (exact) mass is 552 g/mol. The third-order valence-electron chi connectivity index (χ3n) is 6.42. The lowest BCUT2D eigenvalue weighted by atomic mass is 9.99. The number of aryl methyl sites for hydroxylation is 2. The van der Waals surface area contributed by atoms with E-state index >= 15 is 0 Å². The van der Waals surface area contributed by atoms with Crippen LogP contribution in [-0.4, -0.2) is 62.1 Å². The summed E-state index contributed by atoms with van der Waals surface area (Å²) < 4.78 is 4.85. The topological polar surface area (TPSA) is 70.1 Å². The lowest BCUT2D eigenvalue weighted by Gasteiger charge is -2.13. The molecule has 0 saturated carbocycles. The first-order valence-electron chi connectivity index (χ1n) is 13.5. The Labute approximate surface area is 243 Å². The second-order valence-electron chi connectivity index (χ2n) is 10.8. The van der Waals surface area contributed by atoms with E-state index in [2.05, 4.69) is 48.2 Å². The first kappa shape index (κ1) is 31.3. The van der Waals surface area contributed by atoms with Crippen LogP contribution in [0.2, 0.25) is 0 Å². The Morgan fingerprint density at radius 3 is 1.37 bits per heavy atom.